The van der Waals surface area contributed by atoms with Crippen molar-refractivity contribution in [2.45, 2.75) is 13.3 Å². The molecule has 0 radical (unpaired) electrons. The van der Waals surface area contributed by atoms with Crippen molar-refractivity contribution in [3.05, 3.63) is 0 Å². The molecular weight excluding hydrogens is 176 g/mol. The summed E-state index contributed by atoms with van der Waals surface area (Å²) in [6.07, 6.45) is -0.338. The minimum absolute atomic E-state index is 0.331. The molecule has 1 fully saturated rings. The molecule has 1 aliphatic rings. The van der Waals surface area contributed by atoms with Crippen LogP contribution in [-0.4, -0.2) is 35.4 Å². The van der Waals surface area contributed by atoms with Gasteiger partial charge in [0.05, 0.1) is 25.6 Å². The summed E-state index contributed by atoms with van der Waals surface area (Å²) in [5.41, 5.74) is -0.510. The van der Waals surface area contributed by atoms with Crippen LogP contribution in [0.15, 0.2) is 0 Å². The van der Waals surface area contributed by atoms with E-state index in [0.717, 1.165) is 0 Å². The van der Waals surface area contributed by atoms with E-state index in [-0.39, 0.29) is 6.42 Å². The summed E-state index contributed by atoms with van der Waals surface area (Å²) in [6, 6.07) is 0. The number of carboxylic acids is 2. The first kappa shape index (κ1) is 9.98. The molecule has 5 nitrogen and oxygen atoms in total. The van der Waals surface area contributed by atoms with Gasteiger partial charge in [-0.3, -0.25) is 9.59 Å². The Morgan fingerprint density at radius 1 is 1.46 bits per heavy atom. The van der Waals surface area contributed by atoms with Crippen LogP contribution < -0.4 is 0 Å². The third-order valence-corrected chi connectivity index (χ3v) is 2.38. The molecule has 1 aliphatic heterocycles. The Hall–Kier alpha value is -1.10. The number of carbonyl (C=O) groups is 2. The maximum Gasteiger partial charge on any atom is 0.307 e. The molecule has 1 heterocycles. The van der Waals surface area contributed by atoms with E-state index < -0.39 is 23.3 Å². The molecule has 0 saturated carbocycles. The number of hydrogen-bond donors (Lipinski definition) is 2. The summed E-state index contributed by atoms with van der Waals surface area (Å²) >= 11 is 0. The Labute approximate surface area is 75.3 Å². The van der Waals surface area contributed by atoms with Crippen LogP contribution in [0.4, 0.5) is 0 Å². The number of rotatable bonds is 4. The first-order valence-corrected chi connectivity index (χ1v) is 3.98. The summed E-state index contributed by atoms with van der Waals surface area (Å²) in [6.45, 7) is 2.40. The van der Waals surface area contributed by atoms with Crippen molar-refractivity contribution in [1.29, 1.82) is 0 Å². The van der Waals surface area contributed by atoms with Gasteiger partial charge in [0.2, 0.25) is 0 Å². The monoisotopic (exact) mass is 188 g/mol. The van der Waals surface area contributed by atoms with Crippen LogP contribution in [0.2, 0.25) is 0 Å². The van der Waals surface area contributed by atoms with Crippen LogP contribution >= 0.6 is 0 Å². The van der Waals surface area contributed by atoms with Crippen LogP contribution in [0.3, 0.4) is 0 Å². The van der Waals surface area contributed by atoms with Gasteiger partial charge in [0.1, 0.15) is 0 Å². The predicted molar refractivity (Wildman–Crippen MR) is 42.3 cm³/mol. The largest absolute Gasteiger partial charge is 0.481 e. The Balaban J connectivity index is 2.67. The molecule has 1 atom stereocenters. The lowest BCUT2D eigenvalue weighted by Crippen LogP contribution is -2.49. The zero-order valence-electron chi connectivity index (χ0n) is 7.32. The van der Waals surface area contributed by atoms with E-state index in [9.17, 15) is 9.59 Å². The van der Waals surface area contributed by atoms with Crippen LogP contribution in [0.5, 0.6) is 0 Å². The van der Waals surface area contributed by atoms with E-state index in [1.807, 2.05) is 0 Å². The molecule has 2 N–H and O–H groups in total. The van der Waals surface area contributed by atoms with Gasteiger partial charge in [-0.25, -0.2) is 0 Å². The summed E-state index contributed by atoms with van der Waals surface area (Å²) in [5, 5.41) is 17.3. The van der Waals surface area contributed by atoms with Gasteiger partial charge in [0.25, 0.3) is 0 Å². The van der Waals surface area contributed by atoms with Gasteiger partial charge >= 0.3 is 11.9 Å². The molecule has 1 unspecified atom stereocenters. The highest BCUT2D eigenvalue weighted by atomic mass is 16.5. The summed E-state index contributed by atoms with van der Waals surface area (Å²) in [5.74, 6) is -2.99. The van der Waals surface area contributed by atoms with Gasteiger partial charge in [-0.1, -0.05) is 6.92 Å². The Morgan fingerprint density at radius 2 is 2.00 bits per heavy atom. The number of aliphatic carboxylic acids is 2. The molecule has 0 amide bonds. The highest BCUT2D eigenvalue weighted by molar-refractivity contribution is 5.78. The van der Waals surface area contributed by atoms with Crippen molar-refractivity contribution < 1.29 is 24.5 Å². The van der Waals surface area contributed by atoms with Crippen molar-refractivity contribution in [3.63, 3.8) is 0 Å². The fraction of sp³-hybridized carbons (Fsp3) is 0.750. The second-order valence-corrected chi connectivity index (χ2v) is 3.64. The first-order chi connectivity index (χ1) is 5.96. The topological polar surface area (TPSA) is 83.8 Å². The van der Waals surface area contributed by atoms with Gasteiger partial charge in [0, 0.05) is 5.41 Å². The van der Waals surface area contributed by atoms with Crippen molar-refractivity contribution in [2.24, 2.45) is 11.3 Å². The lowest BCUT2D eigenvalue weighted by Gasteiger charge is -2.41. The lowest BCUT2D eigenvalue weighted by atomic mass is 9.74. The van der Waals surface area contributed by atoms with E-state index in [2.05, 4.69) is 0 Å². The van der Waals surface area contributed by atoms with Gasteiger partial charge in [-0.15, -0.1) is 0 Å². The third kappa shape index (κ3) is 1.98. The van der Waals surface area contributed by atoms with E-state index in [1.165, 1.54) is 0 Å². The van der Waals surface area contributed by atoms with E-state index in [0.29, 0.717) is 13.2 Å². The standard InChI is InChI=1S/C8H12O5/c1-8(3-13-4-8)5(7(11)12)2-6(9)10/h5H,2-4H2,1H3,(H,9,10)(H,11,12). The zero-order valence-corrected chi connectivity index (χ0v) is 7.32. The summed E-state index contributed by atoms with van der Waals surface area (Å²) < 4.78 is 4.89. The Morgan fingerprint density at radius 3 is 2.23 bits per heavy atom. The molecule has 0 bridgehead atoms. The maximum atomic E-state index is 10.8. The lowest BCUT2D eigenvalue weighted by molar-refractivity contribution is -0.175. The second kappa shape index (κ2) is 3.33. The SMILES string of the molecule is CC1(C(CC(=O)O)C(=O)O)COC1. The molecule has 0 aromatic heterocycles. The molecule has 1 saturated heterocycles. The average molecular weight is 188 g/mol. The Kier molecular flexibility index (Phi) is 2.56. The van der Waals surface area contributed by atoms with Crippen molar-refractivity contribution in [2.75, 3.05) is 13.2 Å². The summed E-state index contributed by atoms with van der Waals surface area (Å²) in [7, 11) is 0. The molecule has 0 spiro atoms. The normalized spacial score (nSPS) is 21.6. The number of hydrogen-bond acceptors (Lipinski definition) is 3. The third-order valence-electron chi connectivity index (χ3n) is 2.38. The summed E-state index contributed by atoms with van der Waals surface area (Å²) in [4.78, 5) is 21.2. The first-order valence-electron chi connectivity index (χ1n) is 3.98. The number of carboxylic acid groups (broad SMARTS) is 2. The highest BCUT2D eigenvalue weighted by Gasteiger charge is 2.46. The molecule has 13 heavy (non-hydrogen) atoms. The molecule has 1 rings (SSSR count). The molecule has 0 aromatic carbocycles. The molecule has 0 aliphatic carbocycles. The maximum absolute atomic E-state index is 10.8. The number of ether oxygens (including phenoxy) is 1. The molecular formula is C8H12O5. The second-order valence-electron chi connectivity index (χ2n) is 3.64. The minimum atomic E-state index is -1.08. The van der Waals surface area contributed by atoms with Crippen LogP contribution in [0.25, 0.3) is 0 Å². The zero-order chi connectivity index (χ0) is 10.1. The van der Waals surface area contributed by atoms with Crippen LogP contribution in [0, 0.1) is 11.3 Å². The fourth-order valence-electron chi connectivity index (χ4n) is 1.43. The van der Waals surface area contributed by atoms with E-state index in [1.54, 1.807) is 6.92 Å². The van der Waals surface area contributed by atoms with Crippen molar-refractivity contribution in [3.8, 4) is 0 Å². The van der Waals surface area contributed by atoms with E-state index >= 15 is 0 Å². The highest BCUT2D eigenvalue weighted by Crippen LogP contribution is 2.37. The average Bonchev–Trinajstić information content (AvgIpc) is 1.95. The smallest absolute Gasteiger partial charge is 0.307 e. The Bertz CT molecular complexity index is 231. The van der Waals surface area contributed by atoms with Crippen LogP contribution in [0.1, 0.15) is 13.3 Å². The van der Waals surface area contributed by atoms with Crippen molar-refractivity contribution in [1.82, 2.24) is 0 Å². The van der Waals surface area contributed by atoms with Gasteiger partial charge in [-0.2, -0.15) is 0 Å². The van der Waals surface area contributed by atoms with E-state index in [4.69, 9.17) is 14.9 Å². The van der Waals surface area contributed by atoms with Crippen LogP contribution in [-0.2, 0) is 14.3 Å². The fourth-order valence-corrected chi connectivity index (χ4v) is 1.43. The molecule has 74 valence electrons. The molecule has 0 aromatic rings. The predicted octanol–water partition coefficient (Wildman–Crippen LogP) is 0.198. The molecule has 5 heteroatoms. The minimum Gasteiger partial charge on any atom is -0.481 e. The van der Waals surface area contributed by atoms with Crippen molar-refractivity contribution >= 4 is 11.9 Å². The van der Waals surface area contributed by atoms with Gasteiger partial charge < -0.3 is 14.9 Å². The van der Waals surface area contributed by atoms with Gasteiger partial charge in [-0.05, 0) is 0 Å². The van der Waals surface area contributed by atoms with Gasteiger partial charge in [0.15, 0.2) is 0 Å². The quantitative estimate of drug-likeness (QED) is 0.658.